The second kappa shape index (κ2) is 9.40. The van der Waals surface area contributed by atoms with E-state index >= 15 is 0 Å². The zero-order valence-electron chi connectivity index (χ0n) is 20.2. The summed E-state index contributed by atoms with van der Waals surface area (Å²) >= 11 is 5.84. The van der Waals surface area contributed by atoms with Crippen molar-refractivity contribution in [3.05, 3.63) is 108 Å². The van der Waals surface area contributed by atoms with Crippen LogP contribution in [0, 0.1) is 13.8 Å². The minimum Gasteiger partial charge on any atom is -0.351 e. The first-order valence-corrected chi connectivity index (χ1v) is 13.8. The lowest BCUT2D eigenvalue weighted by Gasteiger charge is -2.29. The fourth-order valence-corrected chi connectivity index (χ4v) is 5.49. The molecule has 0 saturated carbocycles. The molecular formula is C27H27N5O2S2. The van der Waals surface area contributed by atoms with Crippen LogP contribution in [-0.2, 0) is 10.0 Å². The Labute approximate surface area is 216 Å². The lowest BCUT2D eigenvalue weighted by molar-refractivity contribution is 0.549. The third-order valence-corrected chi connectivity index (χ3v) is 7.32. The van der Waals surface area contributed by atoms with Gasteiger partial charge in [-0.2, -0.15) is 0 Å². The lowest BCUT2D eigenvalue weighted by Crippen LogP contribution is -2.30. The molecule has 0 amide bonds. The summed E-state index contributed by atoms with van der Waals surface area (Å²) in [6.45, 7) is 4.22. The van der Waals surface area contributed by atoms with Crippen molar-refractivity contribution in [3.63, 3.8) is 0 Å². The summed E-state index contributed by atoms with van der Waals surface area (Å²) in [5.41, 5.74) is 6.82. The van der Waals surface area contributed by atoms with Crippen molar-refractivity contribution in [2.75, 3.05) is 15.9 Å². The van der Waals surface area contributed by atoms with E-state index in [-0.39, 0.29) is 12.1 Å². The first kappa shape index (κ1) is 24.0. The number of hydrogen-bond acceptors (Lipinski definition) is 4. The summed E-state index contributed by atoms with van der Waals surface area (Å²) in [6.07, 6.45) is 4.98. The minimum absolute atomic E-state index is 0.187. The molecule has 0 aliphatic carbocycles. The predicted molar refractivity (Wildman–Crippen MR) is 148 cm³/mol. The second-order valence-electron chi connectivity index (χ2n) is 8.99. The number of nitrogens with zero attached hydrogens (tertiary/aromatic N) is 3. The summed E-state index contributed by atoms with van der Waals surface area (Å²) in [5, 5.41) is 4.06. The molecule has 2 aromatic heterocycles. The highest BCUT2D eigenvalue weighted by Gasteiger charge is 2.42. The number of rotatable bonds is 6. The third-order valence-electron chi connectivity index (χ3n) is 6.40. The van der Waals surface area contributed by atoms with E-state index < -0.39 is 10.0 Å². The molecule has 1 fully saturated rings. The number of sulfonamides is 1. The molecule has 7 nitrogen and oxygen atoms in total. The number of pyridine rings is 1. The number of nitrogens with one attached hydrogen (secondary N) is 2. The highest BCUT2D eigenvalue weighted by molar-refractivity contribution is 7.92. The van der Waals surface area contributed by atoms with Gasteiger partial charge in [-0.3, -0.25) is 9.71 Å². The van der Waals surface area contributed by atoms with Crippen LogP contribution in [0.3, 0.4) is 0 Å². The normalized spacial score (nSPS) is 17.8. The predicted octanol–water partition coefficient (Wildman–Crippen LogP) is 5.04. The lowest BCUT2D eigenvalue weighted by atomic mass is 10.0. The van der Waals surface area contributed by atoms with Crippen LogP contribution in [0.2, 0.25) is 0 Å². The summed E-state index contributed by atoms with van der Waals surface area (Å²) in [4.78, 5) is 6.71. The summed E-state index contributed by atoms with van der Waals surface area (Å²) in [7, 11) is -3.37. The fourth-order valence-electron chi connectivity index (χ4n) is 4.58. The fraction of sp³-hybridized carbons (Fsp3) is 0.185. The van der Waals surface area contributed by atoms with Crippen LogP contribution in [-0.4, -0.2) is 29.3 Å². The molecule has 2 atom stereocenters. The molecule has 0 unspecified atom stereocenters. The first-order chi connectivity index (χ1) is 17.2. The number of hydrogen-bond donors (Lipinski definition) is 2. The topological polar surface area (TPSA) is 79.3 Å². The monoisotopic (exact) mass is 517 g/mol. The van der Waals surface area contributed by atoms with Gasteiger partial charge in [-0.25, -0.2) is 8.42 Å². The molecule has 4 aromatic rings. The van der Waals surface area contributed by atoms with E-state index in [2.05, 4.69) is 68.8 Å². The Morgan fingerprint density at radius 1 is 0.944 bits per heavy atom. The van der Waals surface area contributed by atoms with E-state index in [4.69, 9.17) is 12.2 Å². The van der Waals surface area contributed by atoms with E-state index in [0.717, 1.165) is 29.0 Å². The van der Waals surface area contributed by atoms with Crippen molar-refractivity contribution in [2.24, 2.45) is 0 Å². The molecule has 184 valence electrons. The van der Waals surface area contributed by atoms with Crippen LogP contribution >= 0.6 is 12.2 Å². The van der Waals surface area contributed by atoms with Gasteiger partial charge in [-0.05, 0) is 97.9 Å². The molecule has 36 heavy (non-hydrogen) atoms. The molecule has 0 spiro atoms. The van der Waals surface area contributed by atoms with Gasteiger partial charge in [0.25, 0.3) is 0 Å². The van der Waals surface area contributed by atoms with Crippen LogP contribution in [0.15, 0.2) is 85.2 Å². The molecule has 3 heterocycles. The highest BCUT2D eigenvalue weighted by atomic mass is 32.2. The van der Waals surface area contributed by atoms with E-state index in [1.54, 1.807) is 18.3 Å². The number of aromatic nitrogens is 2. The van der Waals surface area contributed by atoms with Crippen molar-refractivity contribution in [2.45, 2.75) is 25.9 Å². The average Bonchev–Trinajstić information content (AvgIpc) is 3.45. The minimum atomic E-state index is -3.37. The molecule has 1 saturated heterocycles. The molecule has 2 N–H and O–H groups in total. The van der Waals surface area contributed by atoms with Crippen molar-refractivity contribution >= 4 is 38.7 Å². The molecule has 5 rings (SSSR count). The summed E-state index contributed by atoms with van der Waals surface area (Å²) in [6, 6.07) is 23.3. The smallest absolute Gasteiger partial charge is 0.229 e. The van der Waals surface area contributed by atoms with Gasteiger partial charge in [0.2, 0.25) is 10.0 Å². The third kappa shape index (κ3) is 4.72. The van der Waals surface area contributed by atoms with Gasteiger partial charge in [0.05, 0.1) is 18.0 Å². The standard InChI is InChI=1S/C27H27N5O2S2/c1-18-9-12-22(17-19(18)2)31-16-6-8-24(31)26-25(23-7-4-5-15-28-23)29-27(35)32(26)21-13-10-20(11-14-21)30-36(3,33)34/h4-17,25-26,30H,1-3H3,(H,29,35)/t25-,26-/m0/s1. The maximum atomic E-state index is 11.7. The Kier molecular flexibility index (Phi) is 6.27. The number of aryl methyl sites for hydroxylation is 2. The van der Waals surface area contributed by atoms with Crippen LogP contribution in [0.25, 0.3) is 5.69 Å². The second-order valence-corrected chi connectivity index (χ2v) is 11.1. The Hall–Kier alpha value is -3.69. The van der Waals surface area contributed by atoms with Crippen molar-refractivity contribution in [1.29, 1.82) is 0 Å². The Morgan fingerprint density at radius 2 is 1.69 bits per heavy atom. The van der Waals surface area contributed by atoms with Gasteiger partial charge in [-0.1, -0.05) is 12.1 Å². The van der Waals surface area contributed by atoms with Gasteiger partial charge in [0.15, 0.2) is 5.11 Å². The van der Waals surface area contributed by atoms with Crippen LogP contribution in [0.1, 0.15) is 34.6 Å². The van der Waals surface area contributed by atoms with Crippen molar-refractivity contribution in [1.82, 2.24) is 14.9 Å². The first-order valence-electron chi connectivity index (χ1n) is 11.5. The van der Waals surface area contributed by atoms with E-state index in [1.807, 2.05) is 36.4 Å². The van der Waals surface area contributed by atoms with Gasteiger partial charge < -0.3 is 14.8 Å². The van der Waals surface area contributed by atoms with E-state index in [9.17, 15) is 8.42 Å². The largest absolute Gasteiger partial charge is 0.351 e. The molecule has 0 radical (unpaired) electrons. The Bertz CT molecular complexity index is 1520. The van der Waals surface area contributed by atoms with E-state index in [1.165, 1.54) is 11.1 Å². The van der Waals surface area contributed by atoms with Gasteiger partial charge in [-0.15, -0.1) is 0 Å². The molecule has 1 aliphatic heterocycles. The number of anilines is 2. The molecule has 1 aliphatic rings. The quantitative estimate of drug-likeness (QED) is 0.349. The van der Waals surface area contributed by atoms with Gasteiger partial charge in [0, 0.05) is 35.1 Å². The average molecular weight is 518 g/mol. The number of benzene rings is 2. The van der Waals surface area contributed by atoms with Gasteiger partial charge in [0.1, 0.15) is 6.04 Å². The maximum absolute atomic E-state index is 11.7. The molecule has 9 heteroatoms. The molecule has 0 bridgehead atoms. The zero-order chi connectivity index (χ0) is 25.4. The summed E-state index contributed by atoms with van der Waals surface area (Å²) in [5.74, 6) is 0. The summed E-state index contributed by atoms with van der Waals surface area (Å²) < 4.78 is 28.0. The molecular weight excluding hydrogens is 490 g/mol. The van der Waals surface area contributed by atoms with Crippen LogP contribution in [0.5, 0.6) is 0 Å². The Morgan fingerprint density at radius 3 is 2.36 bits per heavy atom. The van der Waals surface area contributed by atoms with Crippen LogP contribution in [0.4, 0.5) is 11.4 Å². The van der Waals surface area contributed by atoms with Crippen molar-refractivity contribution < 1.29 is 8.42 Å². The molecule has 2 aromatic carbocycles. The zero-order valence-corrected chi connectivity index (χ0v) is 21.8. The maximum Gasteiger partial charge on any atom is 0.229 e. The highest BCUT2D eigenvalue weighted by Crippen LogP contribution is 2.42. The van der Waals surface area contributed by atoms with Gasteiger partial charge >= 0.3 is 0 Å². The Balaban J connectivity index is 1.61. The SMILES string of the molecule is Cc1ccc(-n2cccc2[C@H]2[C@H](c3ccccn3)NC(=S)N2c2ccc(NS(C)(=O)=O)cc2)cc1C. The number of thiocarbonyl (C=S) groups is 1. The van der Waals surface area contributed by atoms with E-state index in [0.29, 0.717) is 10.8 Å². The van der Waals surface area contributed by atoms with Crippen LogP contribution < -0.4 is 14.9 Å². The van der Waals surface area contributed by atoms with Crippen molar-refractivity contribution in [3.8, 4) is 5.69 Å².